The molecule has 1 fully saturated rings. The van der Waals surface area contributed by atoms with E-state index in [1.54, 1.807) is 0 Å². The number of rotatable bonds is 8. The van der Waals surface area contributed by atoms with E-state index in [4.69, 9.17) is 5.73 Å². The van der Waals surface area contributed by atoms with Crippen molar-refractivity contribution in [1.82, 2.24) is 10.2 Å². The minimum atomic E-state index is -0.403. The van der Waals surface area contributed by atoms with Crippen LogP contribution >= 0.6 is 0 Å². The molecule has 0 radical (unpaired) electrons. The Morgan fingerprint density at radius 3 is 2.41 bits per heavy atom. The average Bonchev–Trinajstić information content (AvgIpc) is 2.50. The van der Waals surface area contributed by atoms with Gasteiger partial charge >= 0.3 is 0 Å². The van der Waals surface area contributed by atoms with Gasteiger partial charge in [-0.1, -0.05) is 33.6 Å². The highest BCUT2D eigenvalue weighted by Gasteiger charge is 2.29. The number of nitrogens with two attached hydrogens (primary N) is 1. The van der Waals surface area contributed by atoms with Crippen LogP contribution in [0.1, 0.15) is 59.3 Å². The number of nitrogens with zero attached hydrogens (tertiary/aromatic N) is 1. The van der Waals surface area contributed by atoms with Gasteiger partial charge in [-0.15, -0.1) is 0 Å². The van der Waals surface area contributed by atoms with Gasteiger partial charge in [0.05, 0.1) is 6.04 Å². The number of likely N-dealkylation sites (tertiary alicyclic amines) is 1. The summed E-state index contributed by atoms with van der Waals surface area (Å²) in [6.45, 7) is 8.36. The molecule has 0 spiro atoms. The van der Waals surface area contributed by atoms with Crippen LogP contribution in [0.25, 0.3) is 0 Å². The Bertz CT molecular complexity index is 350. The third kappa shape index (κ3) is 6.34. The zero-order chi connectivity index (χ0) is 16.5. The lowest BCUT2D eigenvalue weighted by atomic mass is 9.94. The molecule has 0 aromatic rings. The van der Waals surface area contributed by atoms with Gasteiger partial charge in [0.2, 0.25) is 11.8 Å². The lowest BCUT2D eigenvalue weighted by Crippen LogP contribution is -2.49. The van der Waals surface area contributed by atoms with Gasteiger partial charge in [0.25, 0.3) is 0 Å². The predicted octanol–water partition coefficient (Wildman–Crippen LogP) is 1.90. The van der Waals surface area contributed by atoms with E-state index < -0.39 is 6.04 Å². The number of hydrogen-bond donors (Lipinski definition) is 2. The molecule has 0 aliphatic carbocycles. The van der Waals surface area contributed by atoms with Crippen molar-refractivity contribution in [1.29, 1.82) is 0 Å². The Hall–Kier alpha value is -1.10. The Balaban J connectivity index is 2.30. The van der Waals surface area contributed by atoms with Gasteiger partial charge in [0, 0.05) is 25.6 Å². The standard InChI is InChI=1S/C17H33N3O2/c1-4-5-6-9-19-16(21)14-7-10-20(11-8-14)17(22)15(18)12-13(2)3/h13-15H,4-12,18H2,1-3H3,(H,19,21)/t15-/m0/s1. The zero-order valence-corrected chi connectivity index (χ0v) is 14.4. The molecule has 5 nitrogen and oxygen atoms in total. The minimum Gasteiger partial charge on any atom is -0.356 e. The molecule has 2 amide bonds. The summed E-state index contributed by atoms with van der Waals surface area (Å²) >= 11 is 0. The summed E-state index contributed by atoms with van der Waals surface area (Å²) in [6.07, 6.45) is 5.58. The highest BCUT2D eigenvalue weighted by Crippen LogP contribution is 2.19. The molecule has 0 unspecified atom stereocenters. The smallest absolute Gasteiger partial charge is 0.239 e. The molecule has 1 aliphatic heterocycles. The third-order valence-corrected chi connectivity index (χ3v) is 4.30. The second-order valence-electron chi connectivity index (χ2n) is 6.83. The first-order valence-electron chi connectivity index (χ1n) is 8.77. The van der Waals surface area contributed by atoms with E-state index in [-0.39, 0.29) is 17.7 Å². The van der Waals surface area contributed by atoms with Crippen LogP contribution in [0, 0.1) is 11.8 Å². The van der Waals surface area contributed by atoms with E-state index >= 15 is 0 Å². The number of carbonyl (C=O) groups is 2. The molecule has 0 saturated carbocycles. The molecule has 1 heterocycles. The van der Waals surface area contributed by atoms with Crippen molar-refractivity contribution < 1.29 is 9.59 Å². The van der Waals surface area contributed by atoms with Gasteiger partial charge in [0.15, 0.2) is 0 Å². The topological polar surface area (TPSA) is 75.4 Å². The first-order chi connectivity index (χ1) is 10.5. The summed E-state index contributed by atoms with van der Waals surface area (Å²) in [5, 5.41) is 3.01. The molecule has 1 atom stereocenters. The van der Waals surface area contributed by atoms with Crippen LogP contribution in [-0.2, 0) is 9.59 Å². The number of nitrogens with one attached hydrogen (secondary N) is 1. The fourth-order valence-electron chi connectivity index (χ4n) is 2.94. The fraction of sp³-hybridized carbons (Fsp3) is 0.882. The second-order valence-corrected chi connectivity index (χ2v) is 6.83. The molecule has 22 heavy (non-hydrogen) atoms. The van der Waals surface area contributed by atoms with Crippen LogP contribution in [0.3, 0.4) is 0 Å². The lowest BCUT2D eigenvalue weighted by Gasteiger charge is -2.33. The van der Waals surface area contributed by atoms with Crippen LogP contribution in [0.4, 0.5) is 0 Å². The van der Waals surface area contributed by atoms with E-state index in [9.17, 15) is 9.59 Å². The Morgan fingerprint density at radius 1 is 1.23 bits per heavy atom. The van der Waals surface area contributed by atoms with Gasteiger partial charge in [-0.05, 0) is 31.6 Å². The molecule has 1 aliphatic rings. The normalized spacial score (nSPS) is 17.6. The SMILES string of the molecule is CCCCCNC(=O)C1CCN(C(=O)[C@@H](N)CC(C)C)CC1. The number of carbonyl (C=O) groups excluding carboxylic acids is 2. The number of unbranched alkanes of at least 4 members (excludes halogenated alkanes) is 2. The summed E-state index contributed by atoms with van der Waals surface area (Å²) < 4.78 is 0. The summed E-state index contributed by atoms with van der Waals surface area (Å²) in [5.41, 5.74) is 5.97. The summed E-state index contributed by atoms with van der Waals surface area (Å²) in [7, 11) is 0. The van der Waals surface area contributed by atoms with E-state index in [0.717, 1.165) is 45.1 Å². The van der Waals surface area contributed by atoms with Crippen molar-refractivity contribution >= 4 is 11.8 Å². The maximum absolute atomic E-state index is 12.3. The van der Waals surface area contributed by atoms with Crippen molar-refractivity contribution in [2.24, 2.45) is 17.6 Å². The maximum atomic E-state index is 12.3. The van der Waals surface area contributed by atoms with Crippen molar-refractivity contribution in [2.75, 3.05) is 19.6 Å². The quantitative estimate of drug-likeness (QED) is 0.672. The second kappa shape index (κ2) is 9.82. The van der Waals surface area contributed by atoms with E-state index in [0.29, 0.717) is 19.0 Å². The number of amides is 2. The maximum Gasteiger partial charge on any atom is 0.239 e. The number of hydrogen-bond acceptors (Lipinski definition) is 3. The van der Waals surface area contributed by atoms with E-state index in [1.165, 1.54) is 0 Å². The fourth-order valence-corrected chi connectivity index (χ4v) is 2.94. The largest absolute Gasteiger partial charge is 0.356 e. The first-order valence-corrected chi connectivity index (χ1v) is 8.77. The molecular formula is C17H33N3O2. The van der Waals surface area contributed by atoms with Crippen LogP contribution < -0.4 is 11.1 Å². The van der Waals surface area contributed by atoms with Crippen LogP contribution in [-0.4, -0.2) is 42.4 Å². The van der Waals surface area contributed by atoms with Crippen molar-refractivity contribution in [3.8, 4) is 0 Å². The molecule has 0 aromatic heterocycles. The van der Waals surface area contributed by atoms with Crippen molar-refractivity contribution in [2.45, 2.75) is 65.3 Å². The van der Waals surface area contributed by atoms with E-state index in [2.05, 4.69) is 26.1 Å². The zero-order valence-electron chi connectivity index (χ0n) is 14.4. The van der Waals surface area contributed by atoms with Gasteiger partial charge in [-0.25, -0.2) is 0 Å². The van der Waals surface area contributed by atoms with Crippen molar-refractivity contribution in [3.63, 3.8) is 0 Å². The molecule has 5 heteroatoms. The van der Waals surface area contributed by atoms with Gasteiger partial charge in [0.1, 0.15) is 0 Å². The van der Waals surface area contributed by atoms with Crippen LogP contribution in [0.15, 0.2) is 0 Å². The lowest BCUT2D eigenvalue weighted by molar-refractivity contribution is -0.137. The van der Waals surface area contributed by atoms with Gasteiger partial charge in [-0.3, -0.25) is 9.59 Å². The average molecular weight is 311 g/mol. The molecule has 1 rings (SSSR count). The van der Waals surface area contributed by atoms with E-state index in [1.807, 2.05) is 4.90 Å². The van der Waals surface area contributed by atoms with Crippen LogP contribution in [0.2, 0.25) is 0 Å². The monoisotopic (exact) mass is 311 g/mol. The van der Waals surface area contributed by atoms with Gasteiger partial charge in [-0.2, -0.15) is 0 Å². The molecule has 0 aromatic carbocycles. The minimum absolute atomic E-state index is 0.0375. The first kappa shape index (κ1) is 18.9. The van der Waals surface area contributed by atoms with Gasteiger partial charge < -0.3 is 16.0 Å². The molecule has 3 N–H and O–H groups in total. The number of piperidine rings is 1. The third-order valence-electron chi connectivity index (χ3n) is 4.30. The Kier molecular flexibility index (Phi) is 8.46. The predicted molar refractivity (Wildman–Crippen MR) is 89.3 cm³/mol. The molecule has 0 bridgehead atoms. The van der Waals surface area contributed by atoms with Crippen LogP contribution in [0.5, 0.6) is 0 Å². The Morgan fingerprint density at radius 2 is 1.86 bits per heavy atom. The van der Waals surface area contributed by atoms with Crippen molar-refractivity contribution in [3.05, 3.63) is 0 Å². The molecular weight excluding hydrogens is 278 g/mol. The molecule has 128 valence electrons. The summed E-state index contributed by atoms with van der Waals surface area (Å²) in [6, 6.07) is -0.403. The highest BCUT2D eigenvalue weighted by atomic mass is 16.2. The molecule has 1 saturated heterocycles. The Labute approximate surface area is 135 Å². The summed E-state index contributed by atoms with van der Waals surface area (Å²) in [5.74, 6) is 0.655. The highest BCUT2D eigenvalue weighted by molar-refractivity contribution is 5.82. The summed E-state index contributed by atoms with van der Waals surface area (Å²) in [4.78, 5) is 26.2.